The first-order valence-corrected chi connectivity index (χ1v) is 7.11. The molecule has 130 valence electrons. The molecule has 0 fully saturated rings. The monoisotopic (exact) mass is 353 g/mol. The number of aryl methyl sites for hydroxylation is 1. The smallest absolute Gasteiger partial charge is 0.337 e. The van der Waals surface area contributed by atoms with Crippen LogP contribution in [0, 0.1) is 12.7 Å². The Morgan fingerprint density at radius 1 is 1.20 bits per heavy atom. The van der Waals surface area contributed by atoms with Crippen LogP contribution in [0.1, 0.15) is 17.0 Å². The molecular weight excluding hydrogens is 342 g/mol. The summed E-state index contributed by atoms with van der Waals surface area (Å²) in [5.74, 6) is -0.440. The molecule has 0 saturated heterocycles. The summed E-state index contributed by atoms with van der Waals surface area (Å²) in [5, 5.41) is 3.66. The van der Waals surface area contributed by atoms with Crippen molar-refractivity contribution >= 4 is 0 Å². The lowest BCUT2D eigenvalue weighted by Gasteiger charge is -2.08. The van der Waals surface area contributed by atoms with Crippen LogP contribution in [0.5, 0.6) is 0 Å². The quantitative estimate of drug-likeness (QED) is 0.677. The predicted molar refractivity (Wildman–Crippen MR) is 79.2 cm³/mol. The van der Waals surface area contributed by atoms with E-state index in [0.717, 1.165) is 10.6 Å². The lowest BCUT2D eigenvalue weighted by molar-refractivity contribution is -0.138. The molecule has 9 heteroatoms. The molecule has 0 N–H and O–H groups in total. The summed E-state index contributed by atoms with van der Waals surface area (Å²) < 4.78 is 57.5. The highest BCUT2D eigenvalue weighted by atomic mass is 19.4. The molecule has 0 aliphatic rings. The highest BCUT2D eigenvalue weighted by Crippen LogP contribution is 2.28. The number of aromatic nitrogens is 3. The number of hydrogen-bond acceptors (Lipinski definition) is 4. The Bertz CT molecular complexity index is 976. The van der Waals surface area contributed by atoms with Crippen LogP contribution in [0.15, 0.2) is 45.8 Å². The molecule has 0 unspecified atom stereocenters. The molecule has 0 aliphatic carbocycles. The first kappa shape index (κ1) is 16.9. The van der Waals surface area contributed by atoms with Crippen LogP contribution >= 0.6 is 0 Å². The van der Waals surface area contributed by atoms with Crippen LogP contribution in [-0.4, -0.2) is 14.7 Å². The van der Waals surface area contributed by atoms with Crippen LogP contribution in [-0.2, 0) is 12.7 Å². The summed E-state index contributed by atoms with van der Waals surface area (Å²) in [6.45, 7) is 1.27. The largest absolute Gasteiger partial charge is 0.417 e. The Morgan fingerprint density at radius 2 is 1.96 bits per heavy atom. The van der Waals surface area contributed by atoms with Crippen LogP contribution < -0.4 is 5.56 Å². The highest BCUT2D eigenvalue weighted by Gasteiger charge is 2.31. The van der Waals surface area contributed by atoms with Crippen molar-refractivity contribution in [2.45, 2.75) is 19.6 Å². The minimum Gasteiger partial charge on any atom is -0.337 e. The van der Waals surface area contributed by atoms with Crippen molar-refractivity contribution in [3.8, 4) is 11.4 Å². The molecule has 1 aromatic carbocycles. The van der Waals surface area contributed by atoms with Gasteiger partial charge >= 0.3 is 6.18 Å². The molecule has 25 heavy (non-hydrogen) atoms. The van der Waals surface area contributed by atoms with Crippen molar-refractivity contribution in [1.29, 1.82) is 0 Å². The molecular formula is C16H11F4N3O2. The van der Waals surface area contributed by atoms with Crippen molar-refractivity contribution in [2.75, 3.05) is 0 Å². The van der Waals surface area contributed by atoms with Crippen LogP contribution in [0.4, 0.5) is 17.6 Å². The second-order valence-corrected chi connectivity index (χ2v) is 5.36. The van der Waals surface area contributed by atoms with Crippen molar-refractivity contribution in [2.24, 2.45) is 0 Å². The molecule has 2 heterocycles. The molecule has 3 rings (SSSR count). The SMILES string of the molecule is Cc1ccc(-c2noc(Cn3cc(C(F)(F)F)ccc3=O)n2)cc1F. The summed E-state index contributed by atoms with van der Waals surface area (Å²) in [7, 11) is 0. The van der Waals surface area contributed by atoms with Crippen LogP contribution in [0.2, 0.25) is 0 Å². The van der Waals surface area contributed by atoms with Gasteiger partial charge in [0.25, 0.3) is 5.56 Å². The lowest BCUT2D eigenvalue weighted by Crippen LogP contribution is -2.22. The number of halogens is 4. The first-order chi connectivity index (χ1) is 11.7. The third-order valence-corrected chi connectivity index (χ3v) is 3.51. The second-order valence-electron chi connectivity index (χ2n) is 5.36. The molecule has 0 radical (unpaired) electrons. The van der Waals surface area contributed by atoms with E-state index in [1.54, 1.807) is 13.0 Å². The van der Waals surface area contributed by atoms with Crippen LogP contribution in [0.3, 0.4) is 0 Å². The zero-order valence-corrected chi connectivity index (χ0v) is 12.8. The van der Waals surface area contributed by atoms with Crippen molar-refractivity contribution < 1.29 is 22.1 Å². The summed E-state index contributed by atoms with van der Waals surface area (Å²) in [5.41, 5.74) is -0.806. The summed E-state index contributed by atoms with van der Waals surface area (Å²) in [6, 6.07) is 5.87. The Balaban J connectivity index is 1.89. The van der Waals surface area contributed by atoms with Crippen molar-refractivity contribution in [3.05, 3.63) is 69.7 Å². The van der Waals surface area contributed by atoms with Gasteiger partial charge in [0.05, 0.1) is 5.56 Å². The fraction of sp³-hybridized carbons (Fsp3) is 0.188. The zero-order valence-electron chi connectivity index (χ0n) is 12.8. The maximum atomic E-state index is 13.6. The minimum atomic E-state index is -4.57. The molecule has 0 aliphatic heterocycles. The maximum Gasteiger partial charge on any atom is 0.417 e. The number of hydrogen-bond donors (Lipinski definition) is 0. The Morgan fingerprint density at radius 3 is 2.64 bits per heavy atom. The van der Waals surface area contributed by atoms with Gasteiger partial charge in [-0.15, -0.1) is 0 Å². The van der Waals surface area contributed by atoms with E-state index in [2.05, 4.69) is 10.1 Å². The van der Waals surface area contributed by atoms with E-state index in [1.807, 2.05) is 0 Å². The maximum absolute atomic E-state index is 13.6. The van der Waals surface area contributed by atoms with Crippen LogP contribution in [0.25, 0.3) is 11.4 Å². The first-order valence-electron chi connectivity index (χ1n) is 7.11. The van der Waals surface area contributed by atoms with Gasteiger partial charge in [-0.3, -0.25) is 4.79 Å². The Hall–Kier alpha value is -2.97. The number of benzene rings is 1. The lowest BCUT2D eigenvalue weighted by atomic mass is 10.1. The van der Waals surface area contributed by atoms with Crippen molar-refractivity contribution in [1.82, 2.24) is 14.7 Å². The molecule has 5 nitrogen and oxygen atoms in total. The van der Waals surface area contributed by atoms with E-state index >= 15 is 0 Å². The number of nitrogens with zero attached hydrogens (tertiary/aromatic N) is 3. The molecule has 0 amide bonds. The summed E-state index contributed by atoms with van der Waals surface area (Å²) >= 11 is 0. The average molecular weight is 353 g/mol. The van der Waals surface area contributed by atoms with E-state index in [4.69, 9.17) is 4.52 Å². The second kappa shape index (κ2) is 6.15. The third-order valence-electron chi connectivity index (χ3n) is 3.51. The van der Waals surface area contributed by atoms with E-state index in [-0.39, 0.29) is 18.3 Å². The van der Waals surface area contributed by atoms with Gasteiger partial charge in [0.2, 0.25) is 11.7 Å². The fourth-order valence-electron chi connectivity index (χ4n) is 2.14. The third kappa shape index (κ3) is 3.59. The molecule has 2 aromatic heterocycles. The topological polar surface area (TPSA) is 60.9 Å². The molecule has 0 spiro atoms. The summed E-state index contributed by atoms with van der Waals surface area (Å²) in [4.78, 5) is 15.7. The van der Waals surface area contributed by atoms with Gasteiger partial charge in [-0.05, 0) is 24.6 Å². The standard InChI is InChI=1S/C16H11F4N3O2/c1-9-2-3-10(6-12(9)17)15-21-13(25-22-15)8-23-7-11(16(18,19)20)4-5-14(23)24/h2-7H,8H2,1H3. The number of rotatable bonds is 3. The normalized spacial score (nSPS) is 11.7. The van der Waals surface area contributed by atoms with Gasteiger partial charge in [0.15, 0.2) is 0 Å². The molecule has 0 saturated carbocycles. The summed E-state index contributed by atoms with van der Waals surface area (Å²) in [6.07, 6.45) is -3.90. The Labute approximate surface area is 138 Å². The fourth-order valence-corrected chi connectivity index (χ4v) is 2.14. The predicted octanol–water partition coefficient (Wildman–Crippen LogP) is 3.41. The van der Waals surface area contributed by atoms with Gasteiger partial charge in [0.1, 0.15) is 12.4 Å². The van der Waals surface area contributed by atoms with Gasteiger partial charge in [-0.2, -0.15) is 18.2 Å². The Kier molecular flexibility index (Phi) is 4.15. The van der Waals surface area contributed by atoms with Gasteiger partial charge < -0.3 is 9.09 Å². The van der Waals surface area contributed by atoms with E-state index in [1.165, 1.54) is 12.1 Å². The van der Waals surface area contributed by atoms with E-state index in [0.29, 0.717) is 23.4 Å². The van der Waals surface area contributed by atoms with Gasteiger partial charge in [-0.25, -0.2) is 4.39 Å². The molecule has 0 bridgehead atoms. The molecule has 3 aromatic rings. The highest BCUT2D eigenvalue weighted by molar-refractivity contribution is 5.54. The van der Waals surface area contributed by atoms with Crippen molar-refractivity contribution in [3.63, 3.8) is 0 Å². The number of alkyl halides is 3. The van der Waals surface area contributed by atoms with E-state index < -0.39 is 23.1 Å². The minimum absolute atomic E-state index is 0.0718. The van der Waals surface area contributed by atoms with Gasteiger partial charge in [-0.1, -0.05) is 17.3 Å². The zero-order chi connectivity index (χ0) is 18.2. The van der Waals surface area contributed by atoms with E-state index in [9.17, 15) is 22.4 Å². The van der Waals surface area contributed by atoms with Gasteiger partial charge in [0, 0.05) is 17.8 Å². The average Bonchev–Trinajstić information content (AvgIpc) is 2.99. The number of pyridine rings is 1. The molecule has 0 atom stereocenters.